The van der Waals surface area contributed by atoms with E-state index in [-0.39, 0.29) is 6.61 Å². The maximum absolute atomic E-state index is 9.35. The predicted octanol–water partition coefficient (Wildman–Crippen LogP) is 0.865. The number of alkyl halides is 1. The Labute approximate surface area is 53.1 Å². The minimum atomic E-state index is 0.260. The molecule has 2 nitrogen and oxygen atoms in total. The van der Waals surface area contributed by atoms with Gasteiger partial charge in [0, 0.05) is 5.88 Å². The van der Waals surface area contributed by atoms with Crippen molar-refractivity contribution in [2.75, 3.05) is 12.5 Å². The van der Waals surface area contributed by atoms with Crippen molar-refractivity contribution in [1.82, 2.24) is 0 Å². The quantitative estimate of drug-likeness (QED) is 0.323. The van der Waals surface area contributed by atoms with Crippen LogP contribution in [0.25, 0.3) is 0 Å². The van der Waals surface area contributed by atoms with E-state index < -0.39 is 0 Å². The molecule has 1 radical (unpaired) electrons. The zero-order valence-electron chi connectivity index (χ0n) is 4.26. The molecule has 45 valence electrons. The fourth-order valence-electron chi connectivity index (χ4n) is 0.213. The Morgan fingerprint density at radius 1 is 1.62 bits per heavy atom. The summed E-state index contributed by atoms with van der Waals surface area (Å²) in [5.74, 6) is 0.447. The molecule has 0 aromatic carbocycles. The summed E-state index contributed by atoms with van der Waals surface area (Å²) < 4.78 is 4.18. The number of rotatable bonds is 4. The van der Waals surface area contributed by atoms with Crippen LogP contribution in [0.2, 0.25) is 0 Å². The molecule has 0 atom stereocenters. The molecule has 0 aliphatic carbocycles. The molecule has 0 spiro atoms. The molecule has 0 N–H and O–H groups in total. The van der Waals surface area contributed by atoms with Gasteiger partial charge in [0.15, 0.2) is 0 Å². The molecule has 0 fully saturated rings. The van der Waals surface area contributed by atoms with E-state index in [1.165, 1.54) is 6.47 Å². The predicted molar refractivity (Wildman–Crippen MR) is 31.5 cm³/mol. The van der Waals surface area contributed by atoms with Gasteiger partial charge in [-0.3, -0.25) is 0 Å². The lowest BCUT2D eigenvalue weighted by atomic mass is 10.6. The Balaban J connectivity index is 2.90. The van der Waals surface area contributed by atoms with Gasteiger partial charge in [0.2, 0.25) is 0 Å². The van der Waals surface area contributed by atoms with E-state index in [0.717, 1.165) is 0 Å². The molecule has 0 aliphatic rings. The van der Waals surface area contributed by atoms with Gasteiger partial charge in [-0.25, -0.2) is 4.79 Å². The van der Waals surface area contributed by atoms with Crippen molar-refractivity contribution in [2.24, 2.45) is 0 Å². The van der Waals surface area contributed by atoms with Gasteiger partial charge in [0.25, 0.3) is 0 Å². The lowest BCUT2D eigenvalue weighted by molar-refractivity contribution is 0.314. The zero-order valence-corrected chi connectivity index (χ0v) is 5.02. The van der Waals surface area contributed by atoms with E-state index in [9.17, 15) is 4.79 Å². The van der Waals surface area contributed by atoms with E-state index in [1.54, 1.807) is 12.2 Å². The maximum atomic E-state index is 9.35. The summed E-state index contributed by atoms with van der Waals surface area (Å²) in [6.07, 6.45) is 3.34. The molecule has 3 heteroatoms. The number of ether oxygens (including phenoxy) is 1. The summed E-state index contributed by atoms with van der Waals surface area (Å²) >= 11 is 5.24. The third kappa shape index (κ3) is 5.50. The highest BCUT2D eigenvalue weighted by Gasteiger charge is 1.73. The molecule has 0 aliphatic heterocycles. The van der Waals surface area contributed by atoms with Gasteiger partial charge in [0.05, 0.1) is 0 Å². The van der Waals surface area contributed by atoms with Crippen LogP contribution in [-0.2, 0) is 9.53 Å². The second kappa shape index (κ2) is 6.50. The molecule has 0 amide bonds. The summed E-state index contributed by atoms with van der Waals surface area (Å²) in [6, 6.07) is 0. The van der Waals surface area contributed by atoms with Gasteiger partial charge in [-0.15, -0.1) is 11.6 Å². The number of hydrogen-bond acceptors (Lipinski definition) is 2. The number of halogens is 1. The lowest BCUT2D eigenvalue weighted by Crippen LogP contribution is -1.84. The van der Waals surface area contributed by atoms with Gasteiger partial charge >= 0.3 is 6.47 Å². The number of carbonyl (C=O) groups excluding carboxylic acids is 1. The largest absolute Gasteiger partial charge is 0.453 e. The highest BCUT2D eigenvalue weighted by Crippen LogP contribution is 1.77. The highest BCUT2D eigenvalue weighted by molar-refractivity contribution is 6.18. The van der Waals surface area contributed by atoms with E-state index in [1.807, 2.05) is 0 Å². The molecule has 0 unspecified atom stereocenters. The Hall–Kier alpha value is -0.500. The minimum Gasteiger partial charge on any atom is -0.453 e. The molecule has 0 aromatic rings. The third-order valence-electron chi connectivity index (χ3n) is 0.494. The second-order valence-electron chi connectivity index (χ2n) is 1.02. The van der Waals surface area contributed by atoms with Crippen LogP contribution < -0.4 is 0 Å². The maximum Gasteiger partial charge on any atom is 0.417 e. The smallest absolute Gasteiger partial charge is 0.417 e. The van der Waals surface area contributed by atoms with Gasteiger partial charge in [-0.2, -0.15) is 0 Å². The summed E-state index contributed by atoms with van der Waals surface area (Å²) in [5.41, 5.74) is 0. The van der Waals surface area contributed by atoms with Crippen LogP contribution in [0.3, 0.4) is 0 Å². The molecule has 0 saturated heterocycles. The van der Waals surface area contributed by atoms with Crippen LogP contribution in [0.4, 0.5) is 0 Å². The molecule has 0 aromatic heterocycles. The zero-order chi connectivity index (χ0) is 6.24. The van der Waals surface area contributed by atoms with Crippen molar-refractivity contribution in [2.45, 2.75) is 0 Å². The highest BCUT2D eigenvalue weighted by atomic mass is 35.5. The third-order valence-corrected chi connectivity index (χ3v) is 0.672. The SMILES string of the molecule is O=[C]OC/C=C/CCl. The molecule has 0 rings (SSSR count). The van der Waals surface area contributed by atoms with Gasteiger partial charge < -0.3 is 4.74 Å². The summed E-state index contributed by atoms with van der Waals surface area (Å²) in [6.45, 7) is 1.54. The van der Waals surface area contributed by atoms with Crippen LogP contribution in [0.15, 0.2) is 12.2 Å². The van der Waals surface area contributed by atoms with Crippen molar-refractivity contribution in [3.05, 3.63) is 12.2 Å². The Bertz CT molecular complexity index is 80.5. The first-order valence-electron chi connectivity index (χ1n) is 2.11. The molecule has 8 heavy (non-hydrogen) atoms. The molecular weight excluding hydrogens is 128 g/mol. The number of allylic oxidation sites excluding steroid dienone is 1. The Morgan fingerprint density at radius 2 is 2.38 bits per heavy atom. The number of hydrogen-bond donors (Lipinski definition) is 0. The second-order valence-corrected chi connectivity index (χ2v) is 1.33. The monoisotopic (exact) mass is 133 g/mol. The van der Waals surface area contributed by atoms with Crippen molar-refractivity contribution in [3.63, 3.8) is 0 Å². The van der Waals surface area contributed by atoms with E-state index in [4.69, 9.17) is 11.6 Å². The Kier molecular flexibility index (Phi) is 6.09. The van der Waals surface area contributed by atoms with E-state index in [0.29, 0.717) is 5.88 Å². The first-order chi connectivity index (χ1) is 3.91. The molecule has 0 saturated carbocycles. The van der Waals surface area contributed by atoms with Crippen molar-refractivity contribution in [1.29, 1.82) is 0 Å². The van der Waals surface area contributed by atoms with Crippen LogP contribution in [-0.4, -0.2) is 19.0 Å². The summed E-state index contributed by atoms with van der Waals surface area (Å²) in [4.78, 5) is 9.35. The van der Waals surface area contributed by atoms with Crippen LogP contribution in [0.1, 0.15) is 0 Å². The standard InChI is InChI=1S/C5H6ClO2/c6-3-1-2-4-8-5-7/h1-2H,3-4H2/b2-1+. The lowest BCUT2D eigenvalue weighted by Gasteiger charge is -1.83. The fourth-order valence-corrected chi connectivity index (χ4v) is 0.339. The molecular formula is C5H6ClO2. The normalized spacial score (nSPS) is 9.62. The van der Waals surface area contributed by atoms with E-state index >= 15 is 0 Å². The van der Waals surface area contributed by atoms with Crippen LogP contribution >= 0.6 is 11.6 Å². The van der Waals surface area contributed by atoms with Crippen molar-refractivity contribution in [3.8, 4) is 0 Å². The minimum absolute atomic E-state index is 0.260. The summed E-state index contributed by atoms with van der Waals surface area (Å²) in [5, 5.41) is 0. The average molecular weight is 134 g/mol. The van der Waals surface area contributed by atoms with Gasteiger partial charge in [0.1, 0.15) is 6.61 Å². The topological polar surface area (TPSA) is 26.3 Å². The fraction of sp³-hybridized carbons (Fsp3) is 0.400. The molecule has 0 bridgehead atoms. The molecule has 0 heterocycles. The average Bonchev–Trinajstić information content (AvgIpc) is 1.81. The van der Waals surface area contributed by atoms with Gasteiger partial charge in [-0.1, -0.05) is 12.2 Å². The van der Waals surface area contributed by atoms with Crippen LogP contribution in [0.5, 0.6) is 0 Å². The van der Waals surface area contributed by atoms with Crippen molar-refractivity contribution < 1.29 is 9.53 Å². The van der Waals surface area contributed by atoms with Crippen LogP contribution in [0, 0.1) is 0 Å². The Morgan fingerprint density at radius 3 is 2.88 bits per heavy atom. The van der Waals surface area contributed by atoms with Gasteiger partial charge in [-0.05, 0) is 0 Å². The first-order valence-corrected chi connectivity index (χ1v) is 2.65. The van der Waals surface area contributed by atoms with E-state index in [2.05, 4.69) is 4.74 Å². The van der Waals surface area contributed by atoms with Crippen molar-refractivity contribution >= 4 is 18.1 Å². The first kappa shape index (κ1) is 7.50. The summed E-state index contributed by atoms with van der Waals surface area (Å²) in [7, 11) is 0.